The van der Waals surface area contributed by atoms with Crippen LogP contribution in [0.4, 0.5) is 4.79 Å². The summed E-state index contributed by atoms with van der Waals surface area (Å²) < 4.78 is 17.8. The number of ether oxygens (including phenoxy) is 3. The highest BCUT2D eigenvalue weighted by molar-refractivity contribution is 5.82. The molecule has 3 aromatic carbocycles. The maximum atomic E-state index is 13.6. The van der Waals surface area contributed by atoms with Gasteiger partial charge in [-0.25, -0.2) is 9.78 Å². The summed E-state index contributed by atoms with van der Waals surface area (Å²) in [6.07, 6.45) is -0.169. The molecule has 4 aromatic rings. The van der Waals surface area contributed by atoms with Crippen molar-refractivity contribution >= 4 is 17.1 Å². The van der Waals surface area contributed by atoms with E-state index >= 15 is 0 Å². The molecule has 1 aromatic heterocycles. The van der Waals surface area contributed by atoms with E-state index in [1.807, 2.05) is 60.0 Å². The lowest BCUT2D eigenvalue weighted by Crippen LogP contribution is -2.52. The maximum Gasteiger partial charge on any atom is 0.320 e. The van der Waals surface area contributed by atoms with Crippen molar-refractivity contribution in [2.75, 3.05) is 39.5 Å². The predicted octanol–water partition coefficient (Wildman–Crippen LogP) is 4.94. The third kappa shape index (κ3) is 5.17. The van der Waals surface area contributed by atoms with Gasteiger partial charge in [0.15, 0.2) is 0 Å². The molecule has 2 amide bonds. The van der Waals surface area contributed by atoms with Gasteiger partial charge in [0.1, 0.15) is 36.6 Å². The second-order valence-electron chi connectivity index (χ2n) is 9.99. The van der Waals surface area contributed by atoms with E-state index < -0.39 is 0 Å². The summed E-state index contributed by atoms with van der Waals surface area (Å²) in [7, 11) is 0. The number of rotatable bonds is 4. The summed E-state index contributed by atoms with van der Waals surface area (Å²) in [4.78, 5) is 25.1. The largest absolute Gasteiger partial charge is 0.491 e. The second-order valence-corrected chi connectivity index (χ2v) is 9.99. The van der Waals surface area contributed by atoms with E-state index in [4.69, 9.17) is 14.2 Å². The van der Waals surface area contributed by atoms with E-state index in [1.54, 1.807) is 0 Å². The van der Waals surface area contributed by atoms with Gasteiger partial charge in [0.05, 0.1) is 37.3 Å². The minimum absolute atomic E-state index is 0.00448. The molecule has 0 spiro atoms. The van der Waals surface area contributed by atoms with Crippen molar-refractivity contribution in [2.24, 2.45) is 0 Å². The number of hydrogen-bond acceptors (Lipinski definition) is 5. The highest BCUT2D eigenvalue weighted by Crippen LogP contribution is 2.31. The van der Waals surface area contributed by atoms with Gasteiger partial charge in [-0.2, -0.15) is 0 Å². The molecule has 0 radical (unpaired) electrons. The van der Waals surface area contributed by atoms with Crippen molar-refractivity contribution < 1.29 is 19.0 Å². The van der Waals surface area contributed by atoms with Gasteiger partial charge in [0.2, 0.25) is 0 Å². The Morgan fingerprint density at radius 3 is 2.66 bits per heavy atom. The molecule has 6 rings (SSSR count). The van der Waals surface area contributed by atoms with Crippen molar-refractivity contribution in [3.8, 4) is 22.6 Å². The first-order chi connectivity index (χ1) is 18.5. The number of hydrogen-bond donors (Lipinski definition) is 1. The number of nitrogens with zero attached hydrogens (tertiary/aromatic N) is 3. The van der Waals surface area contributed by atoms with Crippen LogP contribution in [0, 0.1) is 13.8 Å². The van der Waals surface area contributed by atoms with Gasteiger partial charge in [-0.1, -0.05) is 29.8 Å². The fourth-order valence-corrected chi connectivity index (χ4v) is 5.07. The molecule has 196 valence electrons. The van der Waals surface area contributed by atoms with Crippen LogP contribution in [0.2, 0.25) is 0 Å². The molecule has 1 atom stereocenters. The number of aromatic amines is 1. The average molecular weight is 513 g/mol. The summed E-state index contributed by atoms with van der Waals surface area (Å²) in [5.41, 5.74) is 6.32. The maximum absolute atomic E-state index is 13.6. The Hall–Kier alpha value is -4.04. The molecule has 8 heteroatoms. The summed E-state index contributed by atoms with van der Waals surface area (Å²) >= 11 is 0. The molecule has 0 bridgehead atoms. The highest BCUT2D eigenvalue weighted by Gasteiger charge is 2.29. The molecule has 1 unspecified atom stereocenters. The van der Waals surface area contributed by atoms with Gasteiger partial charge in [-0.05, 0) is 61.4 Å². The van der Waals surface area contributed by atoms with Crippen molar-refractivity contribution in [3.63, 3.8) is 0 Å². The van der Waals surface area contributed by atoms with Crippen LogP contribution in [-0.4, -0.2) is 71.4 Å². The van der Waals surface area contributed by atoms with Gasteiger partial charge < -0.3 is 29.0 Å². The highest BCUT2D eigenvalue weighted by atomic mass is 16.5. The first-order valence-corrected chi connectivity index (χ1v) is 13.1. The van der Waals surface area contributed by atoms with Crippen LogP contribution in [-0.2, 0) is 11.3 Å². The van der Waals surface area contributed by atoms with Crippen LogP contribution in [0.25, 0.3) is 22.2 Å². The van der Waals surface area contributed by atoms with Gasteiger partial charge in [-0.3, -0.25) is 0 Å². The molecular formula is C30H32N4O4. The van der Waals surface area contributed by atoms with E-state index in [0.29, 0.717) is 46.0 Å². The smallest absolute Gasteiger partial charge is 0.320 e. The number of imidazole rings is 1. The lowest BCUT2D eigenvalue weighted by atomic mass is 10.0. The minimum Gasteiger partial charge on any atom is -0.491 e. The molecule has 1 N–H and O–H groups in total. The number of aromatic nitrogens is 2. The third-order valence-electron chi connectivity index (χ3n) is 7.11. The fourth-order valence-electron chi connectivity index (χ4n) is 5.07. The van der Waals surface area contributed by atoms with Crippen LogP contribution in [0.1, 0.15) is 17.0 Å². The lowest BCUT2D eigenvalue weighted by molar-refractivity contribution is -0.0394. The Labute approximate surface area is 222 Å². The number of H-pyrrole nitrogens is 1. The molecule has 8 nitrogen and oxygen atoms in total. The minimum atomic E-state index is -0.169. The zero-order chi connectivity index (χ0) is 26.1. The molecule has 0 aliphatic carbocycles. The third-order valence-corrected chi connectivity index (χ3v) is 7.11. The van der Waals surface area contributed by atoms with Crippen LogP contribution in [0.5, 0.6) is 11.5 Å². The standard InChI is InChI=1S/C30H32N4O4/c1-20-3-7-25(8-4-20)38-19-26-18-34(11-13-36-26)30(35)33-12-14-37-29-10-6-22(15-24(29)17-33)23-5-9-27-28(16-23)32-21(2)31-27/h3-10,15-16,26H,11-14,17-19H2,1-2H3,(H,31,32). The Kier molecular flexibility index (Phi) is 6.64. The normalized spacial score (nSPS) is 17.6. The topological polar surface area (TPSA) is 79.9 Å². The van der Waals surface area contributed by atoms with Crippen molar-refractivity contribution in [3.05, 3.63) is 77.6 Å². The number of benzene rings is 3. The van der Waals surface area contributed by atoms with E-state index in [-0.39, 0.29) is 12.1 Å². The van der Waals surface area contributed by atoms with Crippen LogP contribution < -0.4 is 9.47 Å². The summed E-state index contributed by atoms with van der Waals surface area (Å²) in [6, 6.07) is 20.4. The van der Waals surface area contributed by atoms with Crippen LogP contribution in [0.15, 0.2) is 60.7 Å². The molecule has 3 heterocycles. The van der Waals surface area contributed by atoms with Crippen LogP contribution >= 0.6 is 0 Å². The number of urea groups is 1. The zero-order valence-electron chi connectivity index (χ0n) is 21.8. The number of morpholine rings is 1. The summed E-state index contributed by atoms with van der Waals surface area (Å²) in [6.45, 7) is 7.45. The molecular weight excluding hydrogens is 480 g/mol. The second kappa shape index (κ2) is 10.4. The summed E-state index contributed by atoms with van der Waals surface area (Å²) in [5, 5.41) is 0. The van der Waals surface area contributed by atoms with Gasteiger partial charge in [0, 0.05) is 12.1 Å². The van der Waals surface area contributed by atoms with E-state index in [2.05, 4.69) is 34.2 Å². The van der Waals surface area contributed by atoms with Gasteiger partial charge in [-0.15, -0.1) is 0 Å². The van der Waals surface area contributed by atoms with E-state index in [1.165, 1.54) is 5.56 Å². The number of aryl methyl sites for hydroxylation is 2. The quantitative estimate of drug-likeness (QED) is 0.419. The monoisotopic (exact) mass is 512 g/mol. The fraction of sp³-hybridized carbons (Fsp3) is 0.333. The average Bonchev–Trinajstić information content (AvgIpc) is 3.18. The SMILES string of the molecule is Cc1ccc(OCC2CN(C(=O)N3CCOc4ccc(-c5ccc6nc(C)[nH]c6c5)cc4C3)CCO2)cc1. The van der Waals surface area contributed by atoms with E-state index in [9.17, 15) is 4.79 Å². The first-order valence-electron chi connectivity index (χ1n) is 13.1. The Bertz CT molecular complexity index is 1450. The molecule has 38 heavy (non-hydrogen) atoms. The Balaban J connectivity index is 1.14. The Morgan fingerprint density at radius 1 is 1.00 bits per heavy atom. The number of amides is 2. The number of carbonyl (C=O) groups excluding carboxylic acids is 1. The zero-order valence-corrected chi connectivity index (χ0v) is 21.8. The number of carbonyl (C=O) groups is 1. The van der Waals surface area contributed by atoms with Crippen molar-refractivity contribution in [1.82, 2.24) is 19.8 Å². The summed E-state index contributed by atoms with van der Waals surface area (Å²) in [5.74, 6) is 2.53. The molecule has 0 saturated carbocycles. The van der Waals surface area contributed by atoms with Crippen molar-refractivity contribution in [2.45, 2.75) is 26.5 Å². The molecule has 2 aliphatic heterocycles. The van der Waals surface area contributed by atoms with Crippen LogP contribution in [0.3, 0.4) is 0 Å². The first kappa shape index (κ1) is 24.3. The number of nitrogens with one attached hydrogen (secondary N) is 1. The Morgan fingerprint density at radius 2 is 1.79 bits per heavy atom. The van der Waals surface area contributed by atoms with Gasteiger partial charge in [0.25, 0.3) is 0 Å². The van der Waals surface area contributed by atoms with Crippen molar-refractivity contribution in [1.29, 1.82) is 0 Å². The molecule has 2 aliphatic rings. The number of fused-ring (bicyclic) bond motifs is 2. The predicted molar refractivity (Wildman–Crippen MR) is 146 cm³/mol. The molecule has 1 saturated heterocycles. The lowest BCUT2D eigenvalue weighted by Gasteiger charge is -2.36. The van der Waals surface area contributed by atoms with Gasteiger partial charge >= 0.3 is 6.03 Å². The molecule has 1 fully saturated rings. The van der Waals surface area contributed by atoms with E-state index in [0.717, 1.165) is 45.0 Å².